The van der Waals surface area contributed by atoms with Gasteiger partial charge in [-0.15, -0.1) is 11.3 Å². The predicted molar refractivity (Wildman–Crippen MR) is 108 cm³/mol. The monoisotopic (exact) mass is 399 g/mol. The van der Waals surface area contributed by atoms with Gasteiger partial charge in [-0.2, -0.15) is 0 Å². The lowest BCUT2D eigenvalue weighted by atomic mass is 9.69. The molecule has 2 aliphatic rings. The zero-order valence-corrected chi connectivity index (χ0v) is 16.4. The molecule has 1 aromatic carbocycles. The maximum Gasteiger partial charge on any atom is 0.268 e. The summed E-state index contributed by atoms with van der Waals surface area (Å²) in [6.45, 7) is 4.05. The highest BCUT2D eigenvalue weighted by Gasteiger charge is 2.40. The first-order chi connectivity index (χ1) is 13.6. The van der Waals surface area contributed by atoms with Gasteiger partial charge in [0.15, 0.2) is 0 Å². The molecule has 146 valence electrons. The van der Waals surface area contributed by atoms with Crippen molar-refractivity contribution in [1.29, 1.82) is 0 Å². The number of aromatic nitrogens is 2. The summed E-state index contributed by atoms with van der Waals surface area (Å²) < 4.78 is 19.6. The highest BCUT2D eigenvalue weighted by molar-refractivity contribution is 7.22. The number of halogens is 1. The molecule has 0 amide bonds. The summed E-state index contributed by atoms with van der Waals surface area (Å²) in [5.41, 5.74) is 1.77. The Labute approximate surface area is 166 Å². The Kier molecular flexibility index (Phi) is 4.53. The number of nitrogens with one attached hydrogen (secondary N) is 1. The molecule has 0 radical (unpaired) electrons. The summed E-state index contributed by atoms with van der Waals surface area (Å²) in [7, 11) is 0. The molecule has 3 heterocycles. The number of ether oxygens (including phenoxy) is 1. The van der Waals surface area contributed by atoms with Gasteiger partial charge < -0.3 is 9.72 Å². The van der Waals surface area contributed by atoms with Crippen LogP contribution in [0.25, 0.3) is 20.7 Å². The summed E-state index contributed by atoms with van der Waals surface area (Å²) in [6.07, 6.45) is 3.72. The molecule has 1 saturated carbocycles. The quantitative estimate of drug-likeness (QED) is 0.728. The lowest BCUT2D eigenvalue weighted by Gasteiger charge is -2.42. The average Bonchev–Trinajstić information content (AvgIpc) is 2.95. The lowest BCUT2D eigenvalue weighted by Crippen LogP contribution is -2.43. The number of rotatable bonds is 3. The van der Waals surface area contributed by atoms with E-state index in [1.807, 2.05) is 6.07 Å². The Hall–Kier alpha value is -2.09. The summed E-state index contributed by atoms with van der Waals surface area (Å²) in [5, 5.41) is 0. The van der Waals surface area contributed by atoms with Gasteiger partial charge in [0, 0.05) is 23.4 Å². The van der Waals surface area contributed by atoms with Crippen LogP contribution in [0.4, 0.5) is 4.39 Å². The van der Waals surface area contributed by atoms with Crippen LogP contribution >= 0.6 is 11.3 Å². The molecule has 1 saturated heterocycles. The molecule has 28 heavy (non-hydrogen) atoms. The van der Waals surface area contributed by atoms with E-state index >= 15 is 0 Å². The van der Waals surface area contributed by atoms with Gasteiger partial charge in [0.25, 0.3) is 5.56 Å². The number of fused-ring (bicyclic) bond motifs is 1. The van der Waals surface area contributed by atoms with Crippen LogP contribution < -0.4 is 5.56 Å². The number of benzene rings is 1. The minimum Gasteiger partial charge on any atom is -0.379 e. The molecule has 2 fully saturated rings. The molecule has 3 aromatic rings. The molecule has 0 unspecified atom stereocenters. The Morgan fingerprint density at radius 3 is 2.86 bits per heavy atom. The van der Waals surface area contributed by atoms with Crippen LogP contribution in [0.15, 0.2) is 35.1 Å². The molecule has 1 aliphatic carbocycles. The molecule has 7 heteroatoms. The topological polar surface area (TPSA) is 58.2 Å². The number of hydrogen-bond acceptors (Lipinski definition) is 5. The molecule has 1 N–H and O–H groups in total. The van der Waals surface area contributed by atoms with E-state index in [0.717, 1.165) is 36.7 Å². The highest BCUT2D eigenvalue weighted by Crippen LogP contribution is 2.42. The van der Waals surface area contributed by atoms with Crippen molar-refractivity contribution in [1.82, 2.24) is 14.9 Å². The number of nitrogens with zero attached hydrogens (tertiary/aromatic N) is 2. The summed E-state index contributed by atoms with van der Waals surface area (Å²) in [5.74, 6) is 0.422. The molecule has 5 nitrogen and oxygen atoms in total. The maximum atomic E-state index is 13.2. The molecule has 1 spiro atoms. The summed E-state index contributed by atoms with van der Waals surface area (Å²) in [6, 6.07) is 8.24. The Morgan fingerprint density at radius 2 is 2.11 bits per heavy atom. The molecule has 1 aliphatic heterocycles. The third-order valence-corrected chi connectivity index (χ3v) is 7.04. The van der Waals surface area contributed by atoms with Crippen molar-refractivity contribution in [3.63, 3.8) is 0 Å². The fourth-order valence-electron chi connectivity index (χ4n) is 4.23. The molecular formula is C21H22FN3O2S. The Bertz CT molecular complexity index is 1060. The normalized spacial score (nSPS) is 19.6. The largest absolute Gasteiger partial charge is 0.379 e. The third kappa shape index (κ3) is 3.38. The number of hydrogen-bond donors (Lipinski definition) is 1. The zero-order chi connectivity index (χ0) is 19.1. The predicted octanol–water partition coefficient (Wildman–Crippen LogP) is 3.79. The van der Waals surface area contributed by atoms with Crippen LogP contribution in [-0.4, -0.2) is 41.2 Å². The van der Waals surface area contributed by atoms with Gasteiger partial charge in [-0.1, -0.05) is 18.6 Å². The van der Waals surface area contributed by atoms with Crippen LogP contribution in [0.1, 0.15) is 25.1 Å². The van der Waals surface area contributed by atoms with Gasteiger partial charge in [0.05, 0.1) is 25.3 Å². The first kappa shape index (κ1) is 18.0. The SMILES string of the molecule is O=c1[nH]c(CN2CCOCC3(CCC3)C2)nc2cc(-c3ccc(F)cc3)sc12. The smallest absolute Gasteiger partial charge is 0.268 e. The van der Waals surface area contributed by atoms with E-state index in [9.17, 15) is 9.18 Å². The third-order valence-electron chi connectivity index (χ3n) is 5.87. The molecule has 5 rings (SSSR count). The lowest BCUT2D eigenvalue weighted by molar-refractivity contribution is 0.00937. The van der Waals surface area contributed by atoms with E-state index in [-0.39, 0.29) is 11.4 Å². The fraction of sp³-hybridized carbons (Fsp3) is 0.429. The Morgan fingerprint density at radius 1 is 1.29 bits per heavy atom. The van der Waals surface area contributed by atoms with E-state index in [1.54, 1.807) is 12.1 Å². The van der Waals surface area contributed by atoms with Gasteiger partial charge in [0.1, 0.15) is 16.3 Å². The van der Waals surface area contributed by atoms with Crippen molar-refractivity contribution in [3.8, 4) is 10.4 Å². The minimum absolute atomic E-state index is 0.109. The summed E-state index contributed by atoms with van der Waals surface area (Å²) >= 11 is 1.39. The van der Waals surface area contributed by atoms with E-state index in [2.05, 4.69) is 9.88 Å². The van der Waals surface area contributed by atoms with Crippen molar-refractivity contribution < 1.29 is 9.13 Å². The zero-order valence-electron chi connectivity index (χ0n) is 15.5. The van der Waals surface area contributed by atoms with Crippen molar-refractivity contribution in [3.05, 3.63) is 52.3 Å². The van der Waals surface area contributed by atoms with Crippen molar-refractivity contribution in [2.75, 3.05) is 26.3 Å². The van der Waals surface area contributed by atoms with Crippen LogP contribution in [0.5, 0.6) is 0 Å². The van der Waals surface area contributed by atoms with Gasteiger partial charge in [-0.3, -0.25) is 9.69 Å². The average molecular weight is 399 g/mol. The molecule has 2 aromatic heterocycles. The number of aromatic amines is 1. The molecule has 0 bridgehead atoms. The van der Waals surface area contributed by atoms with Crippen LogP contribution in [0.2, 0.25) is 0 Å². The maximum absolute atomic E-state index is 13.2. The number of H-pyrrole nitrogens is 1. The first-order valence-electron chi connectivity index (χ1n) is 9.69. The van der Waals surface area contributed by atoms with Gasteiger partial charge >= 0.3 is 0 Å². The molecule has 0 atom stereocenters. The first-order valence-corrected chi connectivity index (χ1v) is 10.5. The van der Waals surface area contributed by atoms with Gasteiger partial charge in [-0.05, 0) is 36.6 Å². The van der Waals surface area contributed by atoms with Crippen LogP contribution in [0.3, 0.4) is 0 Å². The van der Waals surface area contributed by atoms with Crippen molar-refractivity contribution in [2.45, 2.75) is 25.8 Å². The van der Waals surface area contributed by atoms with Crippen molar-refractivity contribution >= 4 is 21.6 Å². The van der Waals surface area contributed by atoms with E-state index in [0.29, 0.717) is 28.0 Å². The highest BCUT2D eigenvalue weighted by atomic mass is 32.1. The van der Waals surface area contributed by atoms with Gasteiger partial charge in [0.2, 0.25) is 0 Å². The minimum atomic E-state index is -0.270. The number of thiophene rings is 1. The van der Waals surface area contributed by atoms with Crippen LogP contribution in [-0.2, 0) is 11.3 Å². The molecular weight excluding hydrogens is 377 g/mol. The summed E-state index contributed by atoms with van der Waals surface area (Å²) in [4.78, 5) is 23.6. The van der Waals surface area contributed by atoms with E-state index in [4.69, 9.17) is 9.72 Å². The van der Waals surface area contributed by atoms with E-state index in [1.165, 1.54) is 42.7 Å². The standard InChI is InChI=1S/C21H22FN3O2S/c22-15-4-2-14(3-5-15)17-10-16-19(28-17)20(26)24-18(23-16)11-25-8-9-27-13-21(12-25)6-1-7-21/h2-5,10H,1,6-9,11-13H2,(H,23,24,26). The second kappa shape index (κ2) is 7.06. The second-order valence-electron chi connectivity index (χ2n) is 7.96. The van der Waals surface area contributed by atoms with Crippen molar-refractivity contribution in [2.24, 2.45) is 5.41 Å². The van der Waals surface area contributed by atoms with Crippen LogP contribution in [0, 0.1) is 11.2 Å². The van der Waals surface area contributed by atoms with E-state index < -0.39 is 0 Å². The second-order valence-corrected chi connectivity index (χ2v) is 9.01. The fourth-order valence-corrected chi connectivity index (χ4v) is 5.22. The van der Waals surface area contributed by atoms with Gasteiger partial charge in [-0.25, -0.2) is 9.37 Å². The Balaban J connectivity index is 1.42.